The Morgan fingerprint density at radius 2 is 1.94 bits per heavy atom. The number of hydrogen-bond acceptors (Lipinski definition) is 4. The van der Waals surface area contributed by atoms with Crippen LogP contribution in [0.5, 0.6) is 0 Å². The number of piperazine rings is 1. The predicted octanol–water partition coefficient (Wildman–Crippen LogP) is 3.02. The Balaban J connectivity index is 1.64. The largest absolute Gasteiger partial charge is 0.338 e. The van der Waals surface area contributed by atoms with Crippen LogP contribution in [-0.2, 0) is 9.59 Å². The summed E-state index contributed by atoms with van der Waals surface area (Å²) in [5.41, 5.74) is 0.341. The maximum Gasteiger partial charge on any atom is 0.338 e. The highest BCUT2D eigenvalue weighted by Crippen LogP contribution is 2.32. The summed E-state index contributed by atoms with van der Waals surface area (Å²) in [5, 5.41) is 5.85. The molecular weight excluding hydrogens is 413 g/mol. The number of fused-ring (bicyclic) bond motifs is 1. The summed E-state index contributed by atoms with van der Waals surface area (Å²) >= 11 is 0. The van der Waals surface area contributed by atoms with Gasteiger partial charge in [0.2, 0.25) is 11.8 Å². The molecule has 0 bridgehead atoms. The molecule has 8 nitrogen and oxygen atoms in total. The average Bonchev–Trinajstić information content (AvgIpc) is 2.76. The number of amides is 4. The average molecular weight is 446 g/mol. The molecule has 2 aliphatic heterocycles. The zero-order valence-electron chi connectivity index (χ0n) is 18.8. The molecule has 4 amide bonds. The molecule has 0 unspecified atom stereocenters. The number of hydrazine groups is 1. The molecule has 2 heterocycles. The summed E-state index contributed by atoms with van der Waals surface area (Å²) in [6, 6.07) is 4.85. The first-order chi connectivity index (χ1) is 15.4. The Kier molecular flexibility index (Phi) is 6.64. The van der Waals surface area contributed by atoms with E-state index in [9.17, 15) is 18.8 Å². The molecule has 32 heavy (non-hydrogen) atoms. The van der Waals surface area contributed by atoms with Crippen molar-refractivity contribution in [2.75, 3.05) is 25.5 Å². The predicted molar refractivity (Wildman–Crippen MR) is 118 cm³/mol. The lowest BCUT2D eigenvalue weighted by atomic mass is 9.91. The smallest absolute Gasteiger partial charge is 0.334 e. The molecule has 0 spiro atoms. The number of urea groups is 1. The van der Waals surface area contributed by atoms with Gasteiger partial charge in [-0.25, -0.2) is 19.2 Å². The van der Waals surface area contributed by atoms with Crippen LogP contribution in [0.15, 0.2) is 24.3 Å². The lowest BCUT2D eigenvalue weighted by Crippen LogP contribution is -2.76. The van der Waals surface area contributed by atoms with Crippen LogP contribution >= 0.6 is 0 Å². The normalized spacial score (nSPS) is 25.2. The van der Waals surface area contributed by atoms with Crippen LogP contribution in [0.1, 0.15) is 51.9 Å². The molecule has 3 fully saturated rings. The number of nitrogens with zero attached hydrogens (tertiary/aromatic N) is 4. The Bertz CT molecular complexity index is 875. The molecule has 1 aromatic carbocycles. The van der Waals surface area contributed by atoms with Crippen molar-refractivity contribution in [3.05, 3.63) is 30.1 Å². The van der Waals surface area contributed by atoms with Crippen LogP contribution in [0.4, 0.5) is 14.9 Å². The summed E-state index contributed by atoms with van der Waals surface area (Å²) < 4.78 is 13.6. The Morgan fingerprint density at radius 3 is 2.62 bits per heavy atom. The number of rotatable bonds is 4. The molecule has 2 saturated heterocycles. The minimum Gasteiger partial charge on any atom is -0.334 e. The molecule has 1 aliphatic carbocycles. The van der Waals surface area contributed by atoms with Gasteiger partial charge in [0, 0.05) is 18.8 Å². The van der Waals surface area contributed by atoms with Gasteiger partial charge in [0.05, 0.1) is 13.1 Å². The molecule has 4 rings (SSSR count). The van der Waals surface area contributed by atoms with Crippen LogP contribution < -0.4 is 5.32 Å². The second kappa shape index (κ2) is 9.44. The quantitative estimate of drug-likeness (QED) is 0.773. The Hall–Kier alpha value is -2.68. The van der Waals surface area contributed by atoms with Gasteiger partial charge in [-0.1, -0.05) is 38.7 Å². The van der Waals surface area contributed by atoms with E-state index in [1.165, 1.54) is 29.6 Å². The first-order valence-electron chi connectivity index (χ1n) is 11.6. The molecule has 1 aromatic rings. The van der Waals surface area contributed by atoms with E-state index < -0.39 is 24.1 Å². The highest BCUT2D eigenvalue weighted by Gasteiger charge is 2.51. The van der Waals surface area contributed by atoms with E-state index in [0.29, 0.717) is 12.1 Å². The van der Waals surface area contributed by atoms with Crippen LogP contribution in [0.2, 0.25) is 0 Å². The minimum atomic E-state index is -0.592. The van der Waals surface area contributed by atoms with Gasteiger partial charge in [-0.3, -0.25) is 9.59 Å². The lowest BCUT2D eigenvalue weighted by molar-refractivity contribution is -0.189. The van der Waals surface area contributed by atoms with Crippen molar-refractivity contribution in [3.63, 3.8) is 0 Å². The monoisotopic (exact) mass is 445 g/mol. The maximum absolute atomic E-state index is 13.6. The number of likely N-dealkylation sites (N-methyl/N-ethyl adjacent to an activating group) is 1. The summed E-state index contributed by atoms with van der Waals surface area (Å²) in [6.07, 6.45) is 5.99. The molecule has 174 valence electrons. The fourth-order valence-corrected chi connectivity index (χ4v) is 5.28. The van der Waals surface area contributed by atoms with Crippen molar-refractivity contribution < 1.29 is 18.8 Å². The zero-order valence-corrected chi connectivity index (χ0v) is 18.8. The maximum atomic E-state index is 13.6. The van der Waals surface area contributed by atoms with E-state index in [1.807, 2.05) is 11.8 Å². The van der Waals surface area contributed by atoms with Crippen molar-refractivity contribution in [1.82, 2.24) is 19.8 Å². The molecule has 0 radical (unpaired) electrons. The highest BCUT2D eigenvalue weighted by molar-refractivity contribution is 5.94. The number of hydrogen-bond donors (Lipinski definition) is 1. The third-order valence-electron chi connectivity index (χ3n) is 6.75. The lowest BCUT2D eigenvalue weighted by Gasteiger charge is -2.55. The fraction of sp³-hybridized carbons (Fsp3) is 0.609. The molecule has 1 saturated carbocycles. The van der Waals surface area contributed by atoms with Crippen molar-refractivity contribution in [2.45, 2.75) is 70.1 Å². The van der Waals surface area contributed by atoms with Gasteiger partial charge < -0.3 is 15.1 Å². The number of nitrogens with one attached hydrogen (secondary N) is 1. The van der Waals surface area contributed by atoms with E-state index in [2.05, 4.69) is 5.32 Å². The second-order valence-electron chi connectivity index (χ2n) is 8.97. The standard InChI is InChI=1S/C23H32FN5O3/c1-3-8-19-22(31)27(18-11-5-4-6-12-18)14-20-28(19)21(30)15-26(2)29(20)23(32)25-17-10-7-9-16(24)13-17/h7,9-10,13,18-20H,3-6,8,11-12,14-15H2,1-2H3,(H,25,32)/t19-,20-/m0/s1. The van der Waals surface area contributed by atoms with Crippen molar-refractivity contribution >= 4 is 23.5 Å². The Labute approximate surface area is 188 Å². The second-order valence-corrected chi connectivity index (χ2v) is 8.97. The van der Waals surface area contributed by atoms with Gasteiger partial charge in [-0.2, -0.15) is 0 Å². The van der Waals surface area contributed by atoms with Crippen molar-refractivity contribution in [2.24, 2.45) is 0 Å². The number of benzene rings is 1. The van der Waals surface area contributed by atoms with Gasteiger partial charge in [-0.15, -0.1) is 0 Å². The SMILES string of the molecule is CCC[C@H]1C(=O)N(C2CCCCC2)C[C@H]2N1C(=O)CN(C)N2C(=O)Nc1cccc(F)c1. The van der Waals surface area contributed by atoms with E-state index in [1.54, 1.807) is 23.0 Å². The summed E-state index contributed by atoms with van der Waals surface area (Å²) in [7, 11) is 1.69. The molecular formula is C23H32FN5O3. The first kappa shape index (κ1) is 22.5. The number of halogens is 1. The van der Waals surface area contributed by atoms with Gasteiger partial charge >= 0.3 is 6.03 Å². The third-order valence-corrected chi connectivity index (χ3v) is 6.75. The van der Waals surface area contributed by atoms with Crippen LogP contribution in [0.3, 0.4) is 0 Å². The van der Waals surface area contributed by atoms with E-state index >= 15 is 0 Å². The zero-order chi connectivity index (χ0) is 22.8. The van der Waals surface area contributed by atoms with Crippen LogP contribution in [0, 0.1) is 5.82 Å². The molecule has 2 atom stereocenters. The number of anilines is 1. The van der Waals surface area contributed by atoms with Crippen LogP contribution in [-0.4, -0.2) is 76.0 Å². The minimum absolute atomic E-state index is 0.00149. The van der Waals surface area contributed by atoms with E-state index in [0.717, 1.165) is 32.1 Å². The molecule has 1 N–H and O–H groups in total. The first-order valence-corrected chi connectivity index (χ1v) is 11.6. The number of carbonyl (C=O) groups is 3. The molecule has 0 aromatic heterocycles. The van der Waals surface area contributed by atoms with Crippen molar-refractivity contribution in [1.29, 1.82) is 0 Å². The summed E-state index contributed by atoms with van der Waals surface area (Å²) in [5.74, 6) is -0.595. The molecule has 3 aliphatic rings. The van der Waals surface area contributed by atoms with Crippen molar-refractivity contribution in [3.8, 4) is 0 Å². The van der Waals surface area contributed by atoms with Gasteiger partial charge in [-0.05, 0) is 37.5 Å². The summed E-state index contributed by atoms with van der Waals surface area (Å²) in [4.78, 5) is 43.3. The van der Waals surface area contributed by atoms with Gasteiger partial charge in [0.25, 0.3) is 0 Å². The van der Waals surface area contributed by atoms with Gasteiger partial charge in [0.1, 0.15) is 18.0 Å². The topological polar surface area (TPSA) is 76.2 Å². The van der Waals surface area contributed by atoms with E-state index in [4.69, 9.17) is 0 Å². The van der Waals surface area contributed by atoms with Crippen LogP contribution in [0.25, 0.3) is 0 Å². The summed E-state index contributed by atoms with van der Waals surface area (Å²) in [6.45, 7) is 2.29. The third kappa shape index (κ3) is 4.30. The Morgan fingerprint density at radius 1 is 1.19 bits per heavy atom. The van der Waals surface area contributed by atoms with Gasteiger partial charge in [0.15, 0.2) is 0 Å². The fourth-order valence-electron chi connectivity index (χ4n) is 5.28. The van der Waals surface area contributed by atoms with E-state index in [-0.39, 0.29) is 30.9 Å². The highest BCUT2D eigenvalue weighted by atomic mass is 19.1. The molecule has 9 heteroatoms. The number of carbonyl (C=O) groups excluding carboxylic acids is 3.